The molecule has 1 amide bonds. The Hall–Kier alpha value is -1.55. The van der Waals surface area contributed by atoms with Crippen LogP contribution in [-0.4, -0.2) is 37.0 Å². The maximum absolute atomic E-state index is 12.5. The van der Waals surface area contributed by atoms with Gasteiger partial charge in [-0.25, -0.2) is 0 Å². The Morgan fingerprint density at radius 3 is 2.60 bits per heavy atom. The van der Waals surface area contributed by atoms with Crippen LogP contribution in [0.2, 0.25) is 0 Å². The van der Waals surface area contributed by atoms with Crippen molar-refractivity contribution in [1.29, 1.82) is 0 Å². The highest BCUT2D eigenvalue weighted by Crippen LogP contribution is 2.36. The molecule has 0 radical (unpaired) electrons. The fourth-order valence-electron chi connectivity index (χ4n) is 3.55. The standard InChI is InChI=1S/C16H22N2O2/c1-20-15-6-3-11(4-7-15)16(19)18-9-12-2-5-14(17)8-13(12)10-18/h3-4,6-7,12-14H,2,5,8-10,17H2,1H3/t12-,13+,14?/m1/s1. The zero-order valence-corrected chi connectivity index (χ0v) is 11.9. The Labute approximate surface area is 119 Å². The first-order valence-corrected chi connectivity index (χ1v) is 7.36. The Morgan fingerprint density at radius 1 is 1.20 bits per heavy atom. The van der Waals surface area contributed by atoms with E-state index < -0.39 is 0 Å². The monoisotopic (exact) mass is 274 g/mol. The molecule has 1 saturated carbocycles. The van der Waals surface area contributed by atoms with E-state index in [1.165, 1.54) is 0 Å². The molecule has 4 nitrogen and oxygen atoms in total. The van der Waals surface area contributed by atoms with Gasteiger partial charge in [-0.3, -0.25) is 4.79 Å². The summed E-state index contributed by atoms with van der Waals surface area (Å²) >= 11 is 0. The van der Waals surface area contributed by atoms with Crippen LogP contribution in [0, 0.1) is 11.8 Å². The molecule has 3 rings (SSSR count). The minimum Gasteiger partial charge on any atom is -0.497 e. The van der Waals surface area contributed by atoms with Crippen LogP contribution in [0.4, 0.5) is 0 Å². The van der Waals surface area contributed by atoms with Gasteiger partial charge in [0, 0.05) is 24.7 Å². The SMILES string of the molecule is COc1ccc(C(=O)N2C[C@H]3CCC(N)C[C@H]3C2)cc1. The molecule has 1 aromatic carbocycles. The summed E-state index contributed by atoms with van der Waals surface area (Å²) in [5.74, 6) is 2.16. The topological polar surface area (TPSA) is 55.6 Å². The highest BCUT2D eigenvalue weighted by Gasteiger charge is 2.38. The van der Waals surface area contributed by atoms with Gasteiger partial charge < -0.3 is 15.4 Å². The quantitative estimate of drug-likeness (QED) is 0.896. The molecule has 1 aliphatic heterocycles. The fourth-order valence-corrected chi connectivity index (χ4v) is 3.55. The minimum atomic E-state index is 0.135. The van der Waals surface area contributed by atoms with Gasteiger partial charge in [0.05, 0.1) is 7.11 Å². The second-order valence-corrected chi connectivity index (χ2v) is 6.03. The largest absolute Gasteiger partial charge is 0.497 e. The molecule has 2 fully saturated rings. The molecule has 1 aromatic rings. The molecule has 1 saturated heterocycles. The number of amides is 1. The van der Waals surface area contributed by atoms with E-state index in [1.54, 1.807) is 7.11 Å². The molecule has 0 aromatic heterocycles. The first-order valence-electron chi connectivity index (χ1n) is 7.36. The van der Waals surface area contributed by atoms with Crippen LogP contribution in [0.5, 0.6) is 5.75 Å². The third-order valence-corrected chi connectivity index (χ3v) is 4.71. The van der Waals surface area contributed by atoms with Crippen LogP contribution < -0.4 is 10.5 Å². The summed E-state index contributed by atoms with van der Waals surface area (Å²) in [7, 11) is 1.63. The third kappa shape index (κ3) is 2.52. The number of rotatable bonds is 2. The summed E-state index contributed by atoms with van der Waals surface area (Å²) < 4.78 is 5.12. The highest BCUT2D eigenvalue weighted by molar-refractivity contribution is 5.94. The first kappa shape index (κ1) is 13.4. The number of likely N-dealkylation sites (tertiary alicyclic amines) is 1. The number of carbonyl (C=O) groups is 1. The predicted molar refractivity (Wildman–Crippen MR) is 77.7 cm³/mol. The van der Waals surface area contributed by atoms with Gasteiger partial charge in [0.25, 0.3) is 5.91 Å². The number of carbonyl (C=O) groups excluding carboxylic acids is 1. The summed E-state index contributed by atoms with van der Waals surface area (Å²) in [4.78, 5) is 14.5. The van der Waals surface area contributed by atoms with E-state index in [0.29, 0.717) is 17.9 Å². The summed E-state index contributed by atoms with van der Waals surface area (Å²) in [6, 6.07) is 7.69. The zero-order chi connectivity index (χ0) is 14.1. The van der Waals surface area contributed by atoms with E-state index in [9.17, 15) is 4.79 Å². The second kappa shape index (κ2) is 5.44. The van der Waals surface area contributed by atoms with E-state index in [2.05, 4.69) is 0 Å². The zero-order valence-electron chi connectivity index (χ0n) is 11.9. The summed E-state index contributed by atoms with van der Waals surface area (Å²) in [5, 5.41) is 0. The van der Waals surface area contributed by atoms with Crippen molar-refractivity contribution in [3.63, 3.8) is 0 Å². The van der Waals surface area contributed by atoms with Crippen molar-refractivity contribution >= 4 is 5.91 Å². The van der Waals surface area contributed by atoms with Crippen LogP contribution in [0.15, 0.2) is 24.3 Å². The van der Waals surface area contributed by atoms with Crippen LogP contribution in [0.25, 0.3) is 0 Å². The van der Waals surface area contributed by atoms with Gasteiger partial charge >= 0.3 is 0 Å². The van der Waals surface area contributed by atoms with Crippen LogP contribution >= 0.6 is 0 Å². The van der Waals surface area contributed by atoms with Gasteiger partial charge in [0.2, 0.25) is 0 Å². The maximum atomic E-state index is 12.5. The van der Waals surface area contributed by atoms with Crippen molar-refractivity contribution in [2.45, 2.75) is 25.3 Å². The van der Waals surface area contributed by atoms with Gasteiger partial charge in [-0.05, 0) is 55.4 Å². The van der Waals surface area contributed by atoms with Gasteiger partial charge in [0.15, 0.2) is 0 Å². The predicted octanol–water partition coefficient (Wildman–Crippen LogP) is 1.89. The van der Waals surface area contributed by atoms with Crippen molar-refractivity contribution < 1.29 is 9.53 Å². The van der Waals surface area contributed by atoms with E-state index in [0.717, 1.165) is 43.7 Å². The molecule has 108 valence electrons. The molecule has 2 aliphatic rings. The number of hydrogen-bond donors (Lipinski definition) is 1. The Balaban J connectivity index is 1.68. The van der Waals surface area contributed by atoms with Crippen LogP contribution in [0.3, 0.4) is 0 Å². The van der Waals surface area contributed by atoms with E-state index in [-0.39, 0.29) is 5.91 Å². The molecule has 1 unspecified atom stereocenters. The van der Waals surface area contributed by atoms with Gasteiger partial charge in [0.1, 0.15) is 5.75 Å². The number of hydrogen-bond acceptors (Lipinski definition) is 3. The Kier molecular flexibility index (Phi) is 3.66. The molecule has 1 heterocycles. The molecule has 0 bridgehead atoms. The van der Waals surface area contributed by atoms with Crippen LogP contribution in [-0.2, 0) is 0 Å². The molecule has 20 heavy (non-hydrogen) atoms. The summed E-state index contributed by atoms with van der Waals surface area (Å²) in [5.41, 5.74) is 6.78. The lowest BCUT2D eigenvalue weighted by Gasteiger charge is -2.27. The lowest BCUT2D eigenvalue weighted by atomic mass is 9.79. The second-order valence-electron chi connectivity index (χ2n) is 6.03. The van der Waals surface area contributed by atoms with Gasteiger partial charge in [-0.1, -0.05) is 0 Å². The van der Waals surface area contributed by atoms with Crippen molar-refractivity contribution in [2.75, 3.05) is 20.2 Å². The van der Waals surface area contributed by atoms with E-state index >= 15 is 0 Å². The molecular weight excluding hydrogens is 252 g/mol. The number of fused-ring (bicyclic) bond motifs is 1. The molecule has 1 aliphatic carbocycles. The number of nitrogens with zero attached hydrogens (tertiary/aromatic N) is 1. The smallest absolute Gasteiger partial charge is 0.253 e. The average molecular weight is 274 g/mol. The van der Waals surface area contributed by atoms with Crippen molar-refractivity contribution in [1.82, 2.24) is 4.90 Å². The van der Waals surface area contributed by atoms with E-state index in [4.69, 9.17) is 10.5 Å². The number of benzene rings is 1. The Bertz CT molecular complexity index is 486. The summed E-state index contributed by atoms with van der Waals surface area (Å²) in [6.07, 6.45) is 3.33. The molecule has 4 heteroatoms. The number of nitrogens with two attached hydrogens (primary N) is 1. The van der Waals surface area contributed by atoms with Crippen molar-refractivity contribution in [3.8, 4) is 5.75 Å². The first-order chi connectivity index (χ1) is 9.67. The van der Waals surface area contributed by atoms with Gasteiger partial charge in [-0.15, -0.1) is 0 Å². The lowest BCUT2D eigenvalue weighted by molar-refractivity contribution is 0.0784. The third-order valence-electron chi connectivity index (χ3n) is 4.71. The molecule has 3 atom stereocenters. The maximum Gasteiger partial charge on any atom is 0.253 e. The number of methoxy groups -OCH3 is 1. The average Bonchev–Trinajstić information content (AvgIpc) is 2.89. The molecular formula is C16H22N2O2. The molecule has 0 spiro atoms. The van der Waals surface area contributed by atoms with Gasteiger partial charge in [-0.2, -0.15) is 0 Å². The normalized spacial score (nSPS) is 29.1. The lowest BCUT2D eigenvalue weighted by Crippen LogP contribution is -2.32. The minimum absolute atomic E-state index is 0.135. The fraction of sp³-hybridized carbons (Fsp3) is 0.562. The van der Waals surface area contributed by atoms with Crippen molar-refractivity contribution in [2.24, 2.45) is 17.6 Å². The summed E-state index contributed by atoms with van der Waals surface area (Å²) in [6.45, 7) is 1.76. The van der Waals surface area contributed by atoms with E-state index in [1.807, 2.05) is 29.2 Å². The van der Waals surface area contributed by atoms with Crippen molar-refractivity contribution in [3.05, 3.63) is 29.8 Å². The highest BCUT2D eigenvalue weighted by atomic mass is 16.5. The molecule has 2 N–H and O–H groups in total. The number of ether oxygens (including phenoxy) is 1. The Morgan fingerprint density at radius 2 is 1.90 bits per heavy atom. The van der Waals surface area contributed by atoms with Crippen LogP contribution in [0.1, 0.15) is 29.6 Å².